The Kier molecular flexibility index (Phi) is 4.49. The minimum Gasteiger partial charge on any atom is -0.465 e. The van der Waals surface area contributed by atoms with Crippen LogP contribution in [0.2, 0.25) is 0 Å². The van der Waals surface area contributed by atoms with Crippen LogP contribution >= 0.6 is 0 Å². The van der Waals surface area contributed by atoms with Gasteiger partial charge in [0.15, 0.2) is 0 Å². The quantitative estimate of drug-likeness (QED) is 0.491. The molecule has 5 heteroatoms. The molecule has 0 aliphatic rings. The molecular formula is C23H17NO4. The van der Waals surface area contributed by atoms with Crippen molar-refractivity contribution in [3.05, 3.63) is 78.0 Å². The molecule has 3 aromatic carbocycles. The number of ether oxygens (including phenoxy) is 2. The van der Waals surface area contributed by atoms with E-state index in [4.69, 9.17) is 9.47 Å². The van der Waals surface area contributed by atoms with Crippen LogP contribution in [0.3, 0.4) is 0 Å². The van der Waals surface area contributed by atoms with E-state index in [0.717, 1.165) is 21.9 Å². The van der Waals surface area contributed by atoms with Crippen molar-refractivity contribution in [1.29, 1.82) is 0 Å². The Hall–Kier alpha value is -3.73. The molecule has 138 valence electrons. The van der Waals surface area contributed by atoms with Crippen LogP contribution in [0.1, 0.15) is 20.8 Å². The second-order valence-corrected chi connectivity index (χ2v) is 6.30. The first-order valence-corrected chi connectivity index (χ1v) is 8.72. The molecule has 0 bridgehead atoms. The Bertz CT molecular complexity index is 1220. The molecule has 0 unspecified atom stereocenters. The number of fused-ring (bicyclic) bond motifs is 2. The van der Waals surface area contributed by atoms with Gasteiger partial charge in [0.25, 0.3) is 0 Å². The third kappa shape index (κ3) is 2.97. The van der Waals surface area contributed by atoms with Crippen LogP contribution in [0.15, 0.2) is 66.7 Å². The first-order chi connectivity index (χ1) is 13.6. The number of esters is 2. The van der Waals surface area contributed by atoms with Crippen molar-refractivity contribution in [2.45, 2.75) is 0 Å². The fourth-order valence-corrected chi connectivity index (χ4v) is 3.36. The summed E-state index contributed by atoms with van der Waals surface area (Å²) in [5.74, 6) is -1.14. The summed E-state index contributed by atoms with van der Waals surface area (Å²) in [6, 6.07) is 21.3. The Labute approximate surface area is 161 Å². The van der Waals surface area contributed by atoms with Gasteiger partial charge in [0.2, 0.25) is 0 Å². The number of nitrogens with zero attached hydrogens (tertiary/aromatic N) is 1. The lowest BCUT2D eigenvalue weighted by Crippen LogP contribution is -2.09. The summed E-state index contributed by atoms with van der Waals surface area (Å²) in [7, 11) is 2.58. The number of carbonyl (C=O) groups excluding carboxylic acids is 2. The number of aromatic nitrogens is 1. The van der Waals surface area contributed by atoms with E-state index in [9.17, 15) is 9.59 Å². The number of pyridine rings is 1. The molecule has 4 rings (SSSR count). The Balaban J connectivity index is 1.98. The lowest BCUT2D eigenvalue weighted by Gasteiger charge is -2.11. The van der Waals surface area contributed by atoms with Crippen molar-refractivity contribution in [3.8, 4) is 11.1 Å². The maximum atomic E-state index is 12.3. The van der Waals surface area contributed by atoms with Crippen molar-refractivity contribution in [2.24, 2.45) is 0 Å². The zero-order valence-electron chi connectivity index (χ0n) is 15.4. The minimum atomic E-state index is -0.606. The van der Waals surface area contributed by atoms with E-state index in [1.54, 1.807) is 6.07 Å². The van der Waals surface area contributed by atoms with Crippen molar-refractivity contribution >= 4 is 33.6 Å². The summed E-state index contributed by atoms with van der Waals surface area (Å²) in [6.45, 7) is 0. The molecule has 0 amide bonds. The molecule has 0 saturated heterocycles. The summed E-state index contributed by atoms with van der Waals surface area (Å²) in [6.07, 6.45) is 0. The fraction of sp³-hybridized carbons (Fsp3) is 0.0870. The molecule has 5 nitrogen and oxygen atoms in total. The first kappa shape index (κ1) is 17.7. The second-order valence-electron chi connectivity index (χ2n) is 6.30. The Morgan fingerprint density at radius 2 is 1.54 bits per heavy atom. The van der Waals surface area contributed by atoms with E-state index in [0.29, 0.717) is 10.9 Å². The predicted molar refractivity (Wildman–Crippen MR) is 107 cm³/mol. The van der Waals surface area contributed by atoms with Gasteiger partial charge in [0, 0.05) is 5.39 Å². The number of methoxy groups -OCH3 is 2. The van der Waals surface area contributed by atoms with Gasteiger partial charge in [-0.2, -0.15) is 0 Å². The van der Waals surface area contributed by atoms with Gasteiger partial charge in [0.1, 0.15) is 5.69 Å². The van der Waals surface area contributed by atoms with Gasteiger partial charge < -0.3 is 9.47 Å². The summed E-state index contributed by atoms with van der Waals surface area (Å²) in [4.78, 5) is 28.6. The molecule has 28 heavy (non-hydrogen) atoms. The van der Waals surface area contributed by atoms with Gasteiger partial charge in [0.05, 0.1) is 25.3 Å². The standard InChI is InChI=1S/C23H17NO4/c1-27-22(25)19-13-21(23(26)28-2)24-20-11-10-15(12-18(19)20)17-9-5-7-14-6-3-4-8-16(14)17/h3-13H,1-2H3. The monoisotopic (exact) mass is 371 g/mol. The molecule has 0 saturated carbocycles. The van der Waals surface area contributed by atoms with E-state index >= 15 is 0 Å². The zero-order valence-corrected chi connectivity index (χ0v) is 15.4. The number of rotatable bonds is 3. The highest BCUT2D eigenvalue weighted by Gasteiger charge is 2.18. The maximum Gasteiger partial charge on any atom is 0.356 e. The molecule has 0 aliphatic carbocycles. The van der Waals surface area contributed by atoms with Crippen LogP contribution in [-0.2, 0) is 9.47 Å². The number of hydrogen-bond donors (Lipinski definition) is 0. The summed E-state index contributed by atoms with van der Waals surface area (Å²) < 4.78 is 9.65. The van der Waals surface area contributed by atoms with Crippen LogP contribution in [0.5, 0.6) is 0 Å². The molecule has 1 heterocycles. The molecule has 0 aliphatic heterocycles. The molecule has 0 radical (unpaired) electrons. The van der Waals surface area contributed by atoms with Gasteiger partial charge in [-0.3, -0.25) is 0 Å². The smallest absolute Gasteiger partial charge is 0.356 e. The van der Waals surface area contributed by atoms with Crippen molar-refractivity contribution in [2.75, 3.05) is 14.2 Å². The van der Waals surface area contributed by atoms with Crippen molar-refractivity contribution in [3.63, 3.8) is 0 Å². The maximum absolute atomic E-state index is 12.3. The van der Waals surface area contributed by atoms with Gasteiger partial charge in [-0.05, 0) is 40.1 Å². The summed E-state index contributed by atoms with van der Waals surface area (Å²) in [5, 5.41) is 2.86. The molecule has 0 N–H and O–H groups in total. The van der Waals surface area contributed by atoms with Crippen LogP contribution < -0.4 is 0 Å². The highest BCUT2D eigenvalue weighted by molar-refractivity contribution is 6.07. The number of carbonyl (C=O) groups is 2. The van der Waals surface area contributed by atoms with Crippen LogP contribution in [0.4, 0.5) is 0 Å². The predicted octanol–water partition coefficient (Wildman–Crippen LogP) is 4.63. The minimum absolute atomic E-state index is 0.0633. The summed E-state index contributed by atoms with van der Waals surface area (Å²) >= 11 is 0. The van der Waals surface area contributed by atoms with E-state index in [1.807, 2.05) is 36.4 Å². The molecule has 0 atom stereocenters. The van der Waals surface area contributed by atoms with E-state index in [2.05, 4.69) is 23.2 Å². The average Bonchev–Trinajstić information content (AvgIpc) is 2.76. The van der Waals surface area contributed by atoms with Crippen LogP contribution in [0.25, 0.3) is 32.8 Å². The molecular weight excluding hydrogens is 354 g/mol. The van der Waals surface area contributed by atoms with Gasteiger partial charge in [-0.1, -0.05) is 48.5 Å². The Morgan fingerprint density at radius 1 is 0.786 bits per heavy atom. The van der Waals surface area contributed by atoms with E-state index in [-0.39, 0.29) is 11.3 Å². The second kappa shape index (κ2) is 7.12. The van der Waals surface area contributed by atoms with E-state index < -0.39 is 11.9 Å². The topological polar surface area (TPSA) is 65.5 Å². The van der Waals surface area contributed by atoms with Crippen molar-refractivity contribution < 1.29 is 19.1 Å². The molecule has 1 aromatic heterocycles. The van der Waals surface area contributed by atoms with Crippen LogP contribution in [-0.4, -0.2) is 31.1 Å². The van der Waals surface area contributed by atoms with Gasteiger partial charge in [-0.15, -0.1) is 0 Å². The summed E-state index contributed by atoms with van der Waals surface area (Å²) in [5.41, 5.74) is 2.85. The first-order valence-electron chi connectivity index (χ1n) is 8.72. The largest absolute Gasteiger partial charge is 0.465 e. The van der Waals surface area contributed by atoms with Gasteiger partial charge >= 0.3 is 11.9 Å². The average molecular weight is 371 g/mol. The lowest BCUT2D eigenvalue weighted by atomic mass is 9.96. The zero-order chi connectivity index (χ0) is 19.7. The van der Waals surface area contributed by atoms with Crippen LogP contribution in [0, 0.1) is 0 Å². The van der Waals surface area contributed by atoms with E-state index in [1.165, 1.54) is 20.3 Å². The Morgan fingerprint density at radius 3 is 2.32 bits per heavy atom. The third-order valence-electron chi connectivity index (χ3n) is 4.71. The normalized spacial score (nSPS) is 10.8. The molecule has 0 spiro atoms. The molecule has 0 fully saturated rings. The van der Waals surface area contributed by atoms with Crippen molar-refractivity contribution in [1.82, 2.24) is 4.98 Å². The fourth-order valence-electron chi connectivity index (χ4n) is 3.36. The van der Waals surface area contributed by atoms with Gasteiger partial charge in [-0.25, -0.2) is 14.6 Å². The highest BCUT2D eigenvalue weighted by Crippen LogP contribution is 2.31. The number of hydrogen-bond acceptors (Lipinski definition) is 5. The SMILES string of the molecule is COC(=O)c1cc(C(=O)OC)c2cc(-c3cccc4ccccc34)ccc2n1. The lowest BCUT2D eigenvalue weighted by molar-refractivity contribution is 0.0594. The molecule has 4 aromatic rings. The number of benzene rings is 3. The third-order valence-corrected chi connectivity index (χ3v) is 4.71. The highest BCUT2D eigenvalue weighted by atomic mass is 16.5.